The molecule has 7 nitrogen and oxygen atoms in total. The Morgan fingerprint density at radius 3 is 2.70 bits per heavy atom. The summed E-state index contributed by atoms with van der Waals surface area (Å²) in [6.07, 6.45) is -0.0834. The van der Waals surface area contributed by atoms with Crippen LogP contribution in [-0.2, 0) is 27.3 Å². The molecule has 0 atom stereocenters. The summed E-state index contributed by atoms with van der Waals surface area (Å²) >= 11 is 6.88. The smallest absolute Gasteiger partial charge is 0.348 e. The maximum atomic E-state index is 12.2. The third-order valence-corrected chi connectivity index (χ3v) is 4.84. The Kier molecular flexibility index (Phi) is 7.05. The predicted molar refractivity (Wildman–Crippen MR) is 101 cm³/mol. The van der Waals surface area contributed by atoms with Crippen LogP contribution < -0.4 is 10.5 Å². The molecule has 2 N–H and O–H groups in total. The van der Waals surface area contributed by atoms with Gasteiger partial charge in [0.05, 0.1) is 25.7 Å². The lowest BCUT2D eigenvalue weighted by atomic mass is 10.1. The van der Waals surface area contributed by atoms with E-state index in [1.807, 2.05) is 6.07 Å². The molecule has 2 aromatic rings. The number of halogens is 1. The van der Waals surface area contributed by atoms with Gasteiger partial charge >= 0.3 is 11.9 Å². The van der Waals surface area contributed by atoms with Crippen LogP contribution in [0, 0.1) is 11.3 Å². The van der Waals surface area contributed by atoms with Crippen LogP contribution in [0.1, 0.15) is 33.3 Å². The normalized spacial score (nSPS) is 10.1. The van der Waals surface area contributed by atoms with E-state index >= 15 is 0 Å². The fraction of sp³-hybridized carbons (Fsp3) is 0.278. The van der Waals surface area contributed by atoms with E-state index < -0.39 is 11.9 Å². The Balaban J connectivity index is 2.17. The van der Waals surface area contributed by atoms with Crippen molar-refractivity contribution in [3.63, 3.8) is 0 Å². The summed E-state index contributed by atoms with van der Waals surface area (Å²) < 4.78 is 15.4. The molecule has 9 heteroatoms. The molecule has 0 saturated heterocycles. The fourth-order valence-corrected chi connectivity index (χ4v) is 3.46. The fourth-order valence-electron chi connectivity index (χ4n) is 2.35. The highest BCUT2D eigenvalue weighted by atomic mass is 35.5. The van der Waals surface area contributed by atoms with Crippen molar-refractivity contribution in [2.24, 2.45) is 0 Å². The average Bonchev–Trinajstić information content (AvgIpc) is 2.96. The van der Waals surface area contributed by atoms with Crippen LogP contribution in [0.3, 0.4) is 0 Å². The van der Waals surface area contributed by atoms with E-state index in [1.165, 1.54) is 7.11 Å². The number of rotatable bonds is 7. The number of thiophene rings is 1. The first-order valence-corrected chi connectivity index (χ1v) is 9.07. The van der Waals surface area contributed by atoms with E-state index in [0.29, 0.717) is 16.3 Å². The summed E-state index contributed by atoms with van der Waals surface area (Å²) in [6.45, 7) is 1.57. The number of anilines is 1. The van der Waals surface area contributed by atoms with Crippen molar-refractivity contribution in [1.82, 2.24) is 0 Å². The van der Waals surface area contributed by atoms with Crippen molar-refractivity contribution >= 4 is 39.9 Å². The van der Waals surface area contributed by atoms with Gasteiger partial charge < -0.3 is 19.9 Å². The molecule has 0 saturated carbocycles. The van der Waals surface area contributed by atoms with E-state index in [-0.39, 0.29) is 40.6 Å². The number of nitrogens with two attached hydrogens (primary N) is 1. The molecule has 1 heterocycles. The summed E-state index contributed by atoms with van der Waals surface area (Å²) in [5.41, 5.74) is 6.70. The number of benzene rings is 1. The molecule has 0 aliphatic carbocycles. The van der Waals surface area contributed by atoms with Gasteiger partial charge in [0.1, 0.15) is 28.3 Å². The SMILES string of the molecule is CCOC(=O)c1sc(N)c(C#N)c1COC(=O)Cc1cc(Cl)ccc1OC. The molecular weight excluding hydrogens is 392 g/mol. The summed E-state index contributed by atoms with van der Waals surface area (Å²) in [7, 11) is 1.48. The number of nitrogens with zero attached hydrogens (tertiary/aromatic N) is 1. The van der Waals surface area contributed by atoms with Gasteiger partial charge in [0.25, 0.3) is 0 Å². The molecular formula is C18H17ClN2O5S. The number of carbonyl (C=O) groups excluding carboxylic acids is 2. The van der Waals surface area contributed by atoms with Crippen LogP contribution in [0.25, 0.3) is 0 Å². The van der Waals surface area contributed by atoms with E-state index in [4.69, 9.17) is 31.5 Å². The topological polar surface area (TPSA) is 112 Å². The molecule has 0 aliphatic heterocycles. The molecule has 2 rings (SSSR count). The summed E-state index contributed by atoms with van der Waals surface area (Å²) in [6, 6.07) is 6.83. The molecule has 27 heavy (non-hydrogen) atoms. The number of nitriles is 1. The van der Waals surface area contributed by atoms with Gasteiger partial charge in [0.15, 0.2) is 0 Å². The number of carbonyl (C=O) groups is 2. The lowest BCUT2D eigenvalue weighted by Crippen LogP contribution is -2.12. The third kappa shape index (κ3) is 4.90. The zero-order valence-corrected chi connectivity index (χ0v) is 16.3. The van der Waals surface area contributed by atoms with Crippen LogP contribution in [0.5, 0.6) is 5.75 Å². The highest BCUT2D eigenvalue weighted by Crippen LogP contribution is 2.32. The van der Waals surface area contributed by atoms with Crippen molar-refractivity contribution in [2.75, 3.05) is 19.5 Å². The van der Waals surface area contributed by atoms with Gasteiger partial charge in [-0.3, -0.25) is 4.79 Å². The second-order valence-corrected chi connectivity index (χ2v) is 6.76. The van der Waals surface area contributed by atoms with Gasteiger partial charge in [-0.2, -0.15) is 5.26 Å². The molecule has 0 spiro atoms. The molecule has 1 aromatic carbocycles. The van der Waals surface area contributed by atoms with Crippen LogP contribution in [-0.4, -0.2) is 25.7 Å². The Hall–Kier alpha value is -2.76. The Morgan fingerprint density at radius 2 is 2.07 bits per heavy atom. The van der Waals surface area contributed by atoms with Crippen LogP contribution in [0.4, 0.5) is 5.00 Å². The van der Waals surface area contributed by atoms with Crippen molar-refractivity contribution < 1.29 is 23.8 Å². The van der Waals surface area contributed by atoms with Gasteiger partial charge in [0.2, 0.25) is 0 Å². The molecule has 0 aliphatic rings. The summed E-state index contributed by atoms with van der Waals surface area (Å²) in [4.78, 5) is 24.4. The number of ether oxygens (including phenoxy) is 3. The van der Waals surface area contributed by atoms with Crippen LogP contribution in [0.2, 0.25) is 5.02 Å². The number of nitrogen functional groups attached to an aromatic ring is 1. The van der Waals surface area contributed by atoms with Gasteiger partial charge in [-0.05, 0) is 25.1 Å². The van der Waals surface area contributed by atoms with Gasteiger partial charge in [0, 0.05) is 16.1 Å². The number of esters is 2. The Labute approximate surface area is 165 Å². The van der Waals surface area contributed by atoms with E-state index in [9.17, 15) is 14.9 Å². The highest BCUT2D eigenvalue weighted by Gasteiger charge is 2.24. The molecule has 0 bridgehead atoms. The first-order valence-electron chi connectivity index (χ1n) is 7.87. The van der Waals surface area contributed by atoms with Crippen LogP contribution in [0.15, 0.2) is 18.2 Å². The van der Waals surface area contributed by atoms with Gasteiger partial charge in [-0.15, -0.1) is 11.3 Å². The maximum absolute atomic E-state index is 12.2. The molecule has 0 amide bonds. The number of hydrogen-bond donors (Lipinski definition) is 1. The first kappa shape index (κ1) is 20.6. The van der Waals surface area contributed by atoms with E-state index in [0.717, 1.165) is 11.3 Å². The van der Waals surface area contributed by atoms with Crippen molar-refractivity contribution in [1.29, 1.82) is 5.26 Å². The van der Waals surface area contributed by atoms with E-state index in [2.05, 4.69) is 0 Å². The first-order chi connectivity index (χ1) is 12.9. The molecule has 1 aromatic heterocycles. The molecule has 0 radical (unpaired) electrons. The van der Waals surface area contributed by atoms with Crippen LogP contribution >= 0.6 is 22.9 Å². The Bertz CT molecular complexity index is 904. The van der Waals surface area contributed by atoms with Crippen molar-refractivity contribution in [3.05, 3.63) is 44.8 Å². The quantitative estimate of drug-likeness (QED) is 0.699. The number of methoxy groups -OCH3 is 1. The van der Waals surface area contributed by atoms with Gasteiger partial charge in [-0.25, -0.2) is 4.79 Å². The minimum absolute atomic E-state index is 0.0834. The highest BCUT2D eigenvalue weighted by molar-refractivity contribution is 7.18. The maximum Gasteiger partial charge on any atom is 0.348 e. The zero-order valence-electron chi connectivity index (χ0n) is 14.7. The molecule has 142 valence electrons. The minimum Gasteiger partial charge on any atom is -0.496 e. The number of hydrogen-bond acceptors (Lipinski definition) is 8. The minimum atomic E-state index is -0.613. The third-order valence-electron chi connectivity index (χ3n) is 3.56. The van der Waals surface area contributed by atoms with Crippen molar-refractivity contribution in [3.8, 4) is 11.8 Å². The Morgan fingerprint density at radius 1 is 1.33 bits per heavy atom. The second-order valence-electron chi connectivity index (χ2n) is 5.27. The van der Waals surface area contributed by atoms with Gasteiger partial charge in [-0.1, -0.05) is 11.6 Å². The largest absolute Gasteiger partial charge is 0.496 e. The molecule has 0 fully saturated rings. The summed E-state index contributed by atoms with van der Waals surface area (Å²) in [5, 5.41) is 9.90. The molecule has 0 unspecified atom stereocenters. The second kappa shape index (κ2) is 9.26. The zero-order chi connectivity index (χ0) is 20.0. The van der Waals surface area contributed by atoms with Crippen molar-refractivity contribution in [2.45, 2.75) is 20.0 Å². The predicted octanol–water partition coefficient (Wildman–Crippen LogP) is 3.33. The summed E-state index contributed by atoms with van der Waals surface area (Å²) in [5.74, 6) is -0.682. The lowest BCUT2D eigenvalue weighted by molar-refractivity contribution is -0.144. The average molecular weight is 409 g/mol. The lowest BCUT2D eigenvalue weighted by Gasteiger charge is -2.10. The monoisotopic (exact) mass is 408 g/mol. The standard InChI is InChI=1S/C18H17ClN2O5S/c1-3-25-18(23)16-13(12(8-20)17(21)27-16)9-26-15(22)7-10-6-11(19)4-5-14(10)24-2/h4-6H,3,7,9,21H2,1-2H3. The van der Waals surface area contributed by atoms with E-state index in [1.54, 1.807) is 25.1 Å².